The van der Waals surface area contributed by atoms with Gasteiger partial charge in [0.25, 0.3) is 0 Å². The zero-order valence-corrected chi connectivity index (χ0v) is 19.5. The fraction of sp³-hybridized carbons (Fsp3) is 0.393. The molecule has 6 nitrogen and oxygen atoms in total. The van der Waals surface area contributed by atoms with Gasteiger partial charge in [-0.2, -0.15) is 0 Å². The molecule has 6 heteroatoms. The van der Waals surface area contributed by atoms with E-state index >= 15 is 0 Å². The van der Waals surface area contributed by atoms with Crippen LogP contribution in [0.25, 0.3) is 10.8 Å². The van der Waals surface area contributed by atoms with E-state index in [0.717, 1.165) is 23.3 Å². The highest BCUT2D eigenvalue weighted by Gasteiger charge is 2.63. The van der Waals surface area contributed by atoms with Crippen LogP contribution >= 0.6 is 0 Å². The summed E-state index contributed by atoms with van der Waals surface area (Å²) >= 11 is 0. The number of para-hydroxylation sites is 1. The Bertz CT molecular complexity index is 1210. The van der Waals surface area contributed by atoms with Gasteiger partial charge in [-0.05, 0) is 36.6 Å². The second kappa shape index (κ2) is 9.02. The van der Waals surface area contributed by atoms with Gasteiger partial charge >= 0.3 is 5.97 Å². The molecule has 2 aliphatic rings. The van der Waals surface area contributed by atoms with Crippen molar-refractivity contribution in [2.24, 2.45) is 5.92 Å². The Hall–Kier alpha value is -2.93. The predicted octanol–water partition coefficient (Wildman–Crippen LogP) is 3.89. The van der Waals surface area contributed by atoms with Crippen LogP contribution in [0, 0.1) is 5.92 Å². The summed E-state index contributed by atoms with van der Waals surface area (Å²) in [5, 5.41) is 25.6. The number of β-amino-alcohol motifs (C(OH)–C–C–N with tert-alkyl or cyclic N) is 1. The van der Waals surface area contributed by atoms with E-state index < -0.39 is 18.0 Å². The van der Waals surface area contributed by atoms with Crippen LogP contribution in [-0.2, 0) is 22.6 Å². The zero-order valence-electron chi connectivity index (χ0n) is 19.5. The lowest BCUT2D eigenvalue weighted by atomic mass is 9.93. The Balaban J connectivity index is 1.09. The van der Waals surface area contributed by atoms with Gasteiger partial charge in [0.2, 0.25) is 0 Å². The number of hydrogen-bond acceptors (Lipinski definition) is 5. The largest absolute Gasteiger partial charge is 0.488 e. The van der Waals surface area contributed by atoms with Crippen LogP contribution in [0.1, 0.15) is 36.5 Å². The molecule has 3 aromatic rings. The van der Waals surface area contributed by atoms with Crippen molar-refractivity contribution in [3.63, 3.8) is 0 Å². The number of aliphatic hydroxyl groups excluding tert-OH is 1. The van der Waals surface area contributed by atoms with E-state index in [4.69, 9.17) is 9.47 Å². The lowest BCUT2D eigenvalue weighted by Crippen LogP contribution is -2.45. The van der Waals surface area contributed by atoms with Gasteiger partial charge in [-0.25, -0.2) is 0 Å². The summed E-state index contributed by atoms with van der Waals surface area (Å²) in [4.78, 5) is 11.3. The van der Waals surface area contributed by atoms with Crippen LogP contribution in [0.2, 0.25) is 0 Å². The van der Waals surface area contributed by atoms with Crippen molar-refractivity contribution in [2.45, 2.75) is 50.5 Å². The standard InChI is InChI=1S/C28H31NO5/c1-28(2,13-17-10-11-18-6-3-4-7-19(18)12-17)29-14-21(30)16-33-15-20-8-5-9-22-23-24(27(31)32)26(23)34-25(20)22/h3-12,21,23-24,26,29-30H,13-16H2,1-2H3,(H,31,32)/t21-,23-,24-,26-/m1/s1. The summed E-state index contributed by atoms with van der Waals surface area (Å²) < 4.78 is 11.7. The van der Waals surface area contributed by atoms with Crippen LogP contribution in [-0.4, -0.2) is 47.1 Å². The first-order valence-electron chi connectivity index (χ1n) is 11.8. The highest BCUT2D eigenvalue weighted by molar-refractivity contribution is 5.83. The maximum Gasteiger partial charge on any atom is 0.311 e. The second-order valence-corrected chi connectivity index (χ2v) is 10.1. The molecule has 0 spiro atoms. The number of rotatable bonds is 10. The highest BCUT2D eigenvalue weighted by atomic mass is 16.5. The van der Waals surface area contributed by atoms with Crippen molar-refractivity contribution < 1.29 is 24.5 Å². The molecule has 1 aliphatic carbocycles. The van der Waals surface area contributed by atoms with Crippen LogP contribution in [0.4, 0.5) is 0 Å². The van der Waals surface area contributed by atoms with Crippen LogP contribution in [0.5, 0.6) is 5.75 Å². The summed E-state index contributed by atoms with van der Waals surface area (Å²) in [5.41, 5.74) is 2.92. The van der Waals surface area contributed by atoms with Crippen molar-refractivity contribution in [3.05, 3.63) is 77.4 Å². The number of ether oxygens (including phenoxy) is 2. The summed E-state index contributed by atoms with van der Waals surface area (Å²) in [5.74, 6) is -0.540. The summed E-state index contributed by atoms with van der Waals surface area (Å²) in [6.07, 6.45) is -0.0508. The van der Waals surface area contributed by atoms with Crippen molar-refractivity contribution in [1.82, 2.24) is 5.32 Å². The molecular formula is C28H31NO5. The normalized spacial score (nSPS) is 21.6. The van der Waals surface area contributed by atoms with Crippen molar-refractivity contribution in [2.75, 3.05) is 13.2 Å². The molecule has 34 heavy (non-hydrogen) atoms. The number of carbonyl (C=O) groups is 1. The van der Waals surface area contributed by atoms with E-state index in [1.54, 1.807) is 0 Å². The minimum Gasteiger partial charge on any atom is -0.488 e. The number of aliphatic carboxylic acids is 1. The Morgan fingerprint density at radius 3 is 2.71 bits per heavy atom. The molecule has 1 fully saturated rings. The molecule has 0 bridgehead atoms. The molecule has 0 aromatic heterocycles. The molecule has 0 unspecified atom stereocenters. The molecule has 1 saturated carbocycles. The van der Waals surface area contributed by atoms with E-state index in [2.05, 4.69) is 55.6 Å². The molecule has 5 rings (SSSR count). The maximum absolute atomic E-state index is 11.3. The number of benzene rings is 3. The number of aliphatic hydroxyl groups is 1. The minimum absolute atomic E-state index is 0.0490. The maximum atomic E-state index is 11.3. The van der Waals surface area contributed by atoms with Gasteiger partial charge in [0.05, 0.1) is 19.3 Å². The van der Waals surface area contributed by atoms with Gasteiger partial charge in [0, 0.05) is 29.1 Å². The molecule has 178 valence electrons. The molecule has 3 N–H and O–H groups in total. The first-order chi connectivity index (χ1) is 16.3. The van der Waals surface area contributed by atoms with E-state index in [1.807, 2.05) is 24.3 Å². The lowest BCUT2D eigenvalue weighted by molar-refractivity contribution is -0.139. The minimum atomic E-state index is -0.804. The van der Waals surface area contributed by atoms with Gasteiger partial charge in [-0.15, -0.1) is 0 Å². The summed E-state index contributed by atoms with van der Waals surface area (Å²) in [6, 6.07) is 20.6. The third-order valence-electron chi connectivity index (χ3n) is 6.82. The SMILES string of the molecule is CC(C)(Cc1ccc2ccccc2c1)NC[C@@H](O)COCc1cccc2c1O[C@H]1[C@H](C(=O)O)[C@@H]21. The molecule has 1 heterocycles. The fourth-order valence-corrected chi connectivity index (χ4v) is 5.03. The number of carboxylic acid groups (broad SMARTS) is 1. The monoisotopic (exact) mass is 461 g/mol. The smallest absolute Gasteiger partial charge is 0.311 e. The average molecular weight is 462 g/mol. The number of fused-ring (bicyclic) bond motifs is 4. The van der Waals surface area contributed by atoms with Gasteiger partial charge < -0.3 is 25.0 Å². The molecule has 0 radical (unpaired) electrons. The highest BCUT2D eigenvalue weighted by Crippen LogP contribution is 2.59. The Morgan fingerprint density at radius 2 is 1.91 bits per heavy atom. The topological polar surface area (TPSA) is 88.0 Å². The molecule has 3 aromatic carbocycles. The summed E-state index contributed by atoms with van der Waals surface area (Å²) in [7, 11) is 0. The van der Waals surface area contributed by atoms with Crippen molar-refractivity contribution >= 4 is 16.7 Å². The predicted molar refractivity (Wildman–Crippen MR) is 130 cm³/mol. The Labute approximate surface area is 199 Å². The Morgan fingerprint density at radius 1 is 1.12 bits per heavy atom. The third-order valence-corrected chi connectivity index (χ3v) is 6.82. The first kappa shape index (κ1) is 22.8. The number of hydrogen-bond donors (Lipinski definition) is 3. The molecule has 0 amide bonds. The number of carboxylic acids is 1. The van der Waals surface area contributed by atoms with Crippen molar-refractivity contribution in [1.29, 1.82) is 0 Å². The van der Waals surface area contributed by atoms with Gasteiger partial charge in [0.15, 0.2) is 0 Å². The summed E-state index contributed by atoms with van der Waals surface area (Å²) in [6.45, 7) is 5.21. The van der Waals surface area contributed by atoms with Crippen molar-refractivity contribution in [3.8, 4) is 5.75 Å². The van der Waals surface area contributed by atoms with Gasteiger partial charge in [-0.3, -0.25) is 4.79 Å². The Kier molecular flexibility index (Phi) is 6.06. The van der Waals surface area contributed by atoms with E-state index in [9.17, 15) is 15.0 Å². The average Bonchev–Trinajstić information content (AvgIpc) is 3.40. The molecule has 0 saturated heterocycles. The van der Waals surface area contributed by atoms with Gasteiger partial charge in [0.1, 0.15) is 17.8 Å². The molecule has 4 atom stereocenters. The third kappa shape index (κ3) is 4.67. The molecule has 1 aliphatic heterocycles. The van der Waals surface area contributed by atoms with E-state index in [1.165, 1.54) is 16.3 Å². The number of nitrogens with one attached hydrogen (secondary N) is 1. The van der Waals surface area contributed by atoms with Gasteiger partial charge in [-0.1, -0.05) is 60.7 Å². The lowest BCUT2D eigenvalue weighted by Gasteiger charge is -2.28. The van der Waals surface area contributed by atoms with Crippen LogP contribution in [0.3, 0.4) is 0 Å². The van der Waals surface area contributed by atoms with Crippen LogP contribution in [0.15, 0.2) is 60.7 Å². The fourth-order valence-electron chi connectivity index (χ4n) is 5.03. The van der Waals surface area contributed by atoms with Crippen LogP contribution < -0.4 is 10.1 Å². The van der Waals surface area contributed by atoms with E-state index in [-0.39, 0.29) is 24.2 Å². The quantitative estimate of drug-likeness (QED) is 0.425. The zero-order chi connectivity index (χ0) is 23.9. The molecular weight excluding hydrogens is 430 g/mol. The second-order valence-electron chi connectivity index (χ2n) is 10.1. The van der Waals surface area contributed by atoms with E-state index in [0.29, 0.717) is 13.2 Å². The first-order valence-corrected chi connectivity index (χ1v) is 11.8.